The Balaban J connectivity index is 1.45. The molecule has 0 unspecified atom stereocenters. The molecule has 0 aliphatic carbocycles. The molecule has 3 aromatic rings. The highest BCUT2D eigenvalue weighted by Crippen LogP contribution is 2.35. The van der Waals surface area contributed by atoms with Crippen LogP contribution in [0, 0.1) is 10.1 Å². The smallest absolute Gasteiger partial charge is 0.338 e. The zero-order valence-corrected chi connectivity index (χ0v) is 22.3. The molecular weight excluding hydrogens is 577 g/mol. The van der Waals surface area contributed by atoms with Gasteiger partial charge in [-0.25, -0.2) is 15.2 Å². The van der Waals surface area contributed by atoms with Gasteiger partial charge >= 0.3 is 6.03 Å². The molecule has 1 saturated heterocycles. The Bertz CT molecular complexity index is 1490. The third-order valence-electron chi connectivity index (χ3n) is 4.82. The number of hydrogen-bond donors (Lipinski definition) is 2. The lowest BCUT2D eigenvalue weighted by atomic mass is 10.2. The number of hydrazine groups is 1. The third kappa shape index (κ3) is 6.31. The predicted molar refractivity (Wildman–Crippen MR) is 148 cm³/mol. The molecule has 38 heavy (non-hydrogen) atoms. The largest absolute Gasteiger partial charge is 0.493 e. The van der Waals surface area contributed by atoms with Crippen LogP contribution in [-0.2, 0) is 4.79 Å². The van der Waals surface area contributed by atoms with Crippen molar-refractivity contribution in [1.29, 1.82) is 0 Å². The Morgan fingerprint density at radius 2 is 1.95 bits per heavy atom. The van der Waals surface area contributed by atoms with E-state index in [0.29, 0.717) is 27.8 Å². The van der Waals surface area contributed by atoms with Crippen LogP contribution < -0.4 is 20.2 Å². The quantitative estimate of drug-likeness (QED) is 0.146. The Labute approximate surface area is 234 Å². The fraction of sp³-hybridized carbons (Fsp3) is 0.0435. The van der Waals surface area contributed by atoms with E-state index in [9.17, 15) is 19.7 Å². The first-order valence-electron chi connectivity index (χ1n) is 10.4. The molecule has 3 amide bonds. The Hall–Kier alpha value is -3.91. The summed E-state index contributed by atoms with van der Waals surface area (Å²) in [6.45, 7) is 0. The van der Waals surface area contributed by atoms with Crippen molar-refractivity contribution in [1.82, 2.24) is 15.4 Å². The number of nitrogens with one attached hydrogen (secondary N) is 2. The maximum atomic E-state index is 12.9. The third-order valence-corrected chi connectivity index (χ3v) is 6.86. The number of benzene rings is 2. The molecule has 0 bridgehead atoms. The molecule has 1 fully saturated rings. The van der Waals surface area contributed by atoms with Gasteiger partial charge in [-0.15, -0.1) is 0 Å². The number of aromatic nitrogens is 1. The van der Waals surface area contributed by atoms with E-state index in [0.717, 1.165) is 23.0 Å². The van der Waals surface area contributed by atoms with Crippen LogP contribution in [0.5, 0.6) is 17.4 Å². The monoisotopic (exact) mass is 591 g/mol. The van der Waals surface area contributed by atoms with Gasteiger partial charge < -0.3 is 14.8 Å². The highest BCUT2D eigenvalue weighted by Gasteiger charge is 2.33. The summed E-state index contributed by atoms with van der Waals surface area (Å²) in [6.07, 6.45) is 2.66. The maximum Gasteiger partial charge on any atom is 0.338 e. The van der Waals surface area contributed by atoms with Gasteiger partial charge in [-0.3, -0.25) is 14.9 Å². The van der Waals surface area contributed by atoms with Crippen molar-refractivity contribution < 1.29 is 24.0 Å². The van der Waals surface area contributed by atoms with E-state index in [1.54, 1.807) is 30.3 Å². The minimum absolute atomic E-state index is 0.127. The fourth-order valence-corrected chi connectivity index (χ4v) is 4.54. The summed E-state index contributed by atoms with van der Waals surface area (Å²) in [5, 5.41) is 14.9. The van der Waals surface area contributed by atoms with E-state index in [-0.39, 0.29) is 25.8 Å². The summed E-state index contributed by atoms with van der Waals surface area (Å²) in [4.78, 5) is 39.7. The molecule has 2 N–H and O–H groups in total. The van der Waals surface area contributed by atoms with E-state index in [1.807, 2.05) is 0 Å². The number of ether oxygens (including phenoxy) is 2. The summed E-state index contributed by atoms with van der Waals surface area (Å²) in [5.41, 5.74) is 3.20. The number of urea groups is 1. The molecule has 0 saturated carbocycles. The molecule has 1 aromatic heterocycles. The van der Waals surface area contributed by atoms with Crippen molar-refractivity contribution in [3.05, 3.63) is 85.4 Å². The van der Waals surface area contributed by atoms with Crippen LogP contribution in [0.25, 0.3) is 6.08 Å². The lowest BCUT2D eigenvalue weighted by Gasteiger charge is -2.16. The molecule has 1 aliphatic rings. The van der Waals surface area contributed by atoms with E-state index in [1.165, 1.54) is 31.4 Å². The maximum absolute atomic E-state index is 12.9. The van der Waals surface area contributed by atoms with Crippen molar-refractivity contribution >= 4 is 80.9 Å². The number of carbonyl (C=O) groups excluding carboxylic acids is 2. The molecule has 11 nitrogen and oxygen atoms in total. The average molecular weight is 592 g/mol. The van der Waals surface area contributed by atoms with Gasteiger partial charge in [0.1, 0.15) is 6.20 Å². The van der Waals surface area contributed by atoms with Gasteiger partial charge in [-0.2, -0.15) is 5.01 Å². The first-order chi connectivity index (χ1) is 18.1. The van der Waals surface area contributed by atoms with E-state index >= 15 is 0 Å². The normalized spacial score (nSPS) is 14.0. The summed E-state index contributed by atoms with van der Waals surface area (Å²) in [5.74, 6) is 0.235. The second-order valence-corrected chi connectivity index (χ2v) is 9.83. The number of anilines is 1. The average Bonchev–Trinajstić information content (AvgIpc) is 3.14. The van der Waals surface area contributed by atoms with Crippen LogP contribution in [-0.4, -0.2) is 38.3 Å². The molecule has 1 aliphatic heterocycles. The van der Waals surface area contributed by atoms with Gasteiger partial charge in [0.25, 0.3) is 11.6 Å². The molecular formula is C23H15Cl2N5O6S2. The van der Waals surface area contributed by atoms with Crippen LogP contribution >= 0.6 is 47.2 Å². The van der Waals surface area contributed by atoms with Crippen molar-refractivity contribution in [2.24, 2.45) is 0 Å². The Morgan fingerprint density at radius 3 is 2.61 bits per heavy atom. The molecule has 2 heterocycles. The van der Waals surface area contributed by atoms with Crippen molar-refractivity contribution in [3.63, 3.8) is 0 Å². The highest BCUT2D eigenvalue weighted by atomic mass is 35.5. The summed E-state index contributed by atoms with van der Waals surface area (Å²) < 4.78 is 11.2. The minimum Gasteiger partial charge on any atom is -0.493 e. The SMILES string of the molecule is COc1cc(/C=C2/SC(=S)N(NC(=O)Nc3ccc(Cl)c(Cl)c3)C2=O)ccc1Oc1ccc([N+](=O)[O-])cn1. The number of methoxy groups -OCH3 is 1. The van der Waals surface area contributed by atoms with Gasteiger partial charge in [0.2, 0.25) is 5.88 Å². The van der Waals surface area contributed by atoms with Gasteiger partial charge in [0.15, 0.2) is 15.8 Å². The molecule has 4 rings (SSSR count). The van der Waals surface area contributed by atoms with E-state index < -0.39 is 16.9 Å². The van der Waals surface area contributed by atoms with Crippen molar-refractivity contribution in [3.8, 4) is 17.4 Å². The highest BCUT2D eigenvalue weighted by molar-refractivity contribution is 8.26. The number of rotatable bonds is 7. The van der Waals surface area contributed by atoms with Crippen molar-refractivity contribution in [2.75, 3.05) is 12.4 Å². The lowest BCUT2D eigenvalue weighted by Crippen LogP contribution is -2.46. The second-order valence-electron chi connectivity index (χ2n) is 7.34. The number of nitrogens with zero attached hydrogens (tertiary/aromatic N) is 3. The molecule has 0 atom stereocenters. The van der Waals surface area contributed by atoms with Crippen LogP contribution in [0.3, 0.4) is 0 Å². The topological polar surface area (TPSA) is 136 Å². The summed E-state index contributed by atoms with van der Waals surface area (Å²) in [7, 11) is 1.44. The van der Waals surface area contributed by atoms with Gasteiger partial charge in [0.05, 0.1) is 27.0 Å². The molecule has 194 valence electrons. The molecule has 0 radical (unpaired) electrons. The number of carbonyl (C=O) groups is 2. The number of halogens is 2. The number of thioether (sulfide) groups is 1. The Morgan fingerprint density at radius 1 is 1.16 bits per heavy atom. The lowest BCUT2D eigenvalue weighted by molar-refractivity contribution is -0.385. The van der Waals surface area contributed by atoms with E-state index in [2.05, 4.69) is 15.7 Å². The standard InChI is InChI=1S/C23H15Cl2N5O6S2/c1-35-18-8-12(2-6-17(18)36-20-7-4-14(11-26-20)30(33)34)9-19-21(31)29(23(37)38-19)28-22(32)27-13-3-5-15(24)16(25)10-13/h2-11H,1H3,(H2,27,28,32)/b19-9+. The first kappa shape index (κ1) is 27.1. The van der Waals surface area contributed by atoms with Crippen LogP contribution in [0.1, 0.15) is 5.56 Å². The van der Waals surface area contributed by atoms with E-state index in [4.69, 9.17) is 44.9 Å². The molecule has 2 aromatic carbocycles. The number of nitro groups is 1. The van der Waals surface area contributed by atoms with Crippen molar-refractivity contribution in [2.45, 2.75) is 0 Å². The van der Waals surface area contributed by atoms with Crippen LogP contribution in [0.15, 0.2) is 59.6 Å². The summed E-state index contributed by atoms with van der Waals surface area (Å²) in [6, 6.07) is 11.3. The zero-order valence-electron chi connectivity index (χ0n) is 19.1. The number of thiocarbonyl (C=S) groups is 1. The number of amides is 3. The molecule has 0 spiro atoms. The number of hydrogen-bond acceptors (Lipinski definition) is 9. The first-order valence-corrected chi connectivity index (χ1v) is 12.4. The van der Waals surface area contributed by atoms with Gasteiger partial charge in [-0.05, 0) is 54.2 Å². The Kier molecular flexibility index (Phi) is 8.32. The fourth-order valence-electron chi connectivity index (χ4n) is 3.06. The van der Waals surface area contributed by atoms with Gasteiger partial charge in [0, 0.05) is 17.8 Å². The molecule has 15 heteroatoms. The summed E-state index contributed by atoms with van der Waals surface area (Å²) >= 11 is 18.1. The van der Waals surface area contributed by atoms with Gasteiger partial charge in [-0.1, -0.05) is 41.0 Å². The predicted octanol–water partition coefficient (Wildman–Crippen LogP) is 6.04. The van der Waals surface area contributed by atoms with Crippen LogP contribution in [0.2, 0.25) is 10.0 Å². The minimum atomic E-state index is -0.705. The van der Waals surface area contributed by atoms with Crippen LogP contribution in [0.4, 0.5) is 16.2 Å². The second kappa shape index (κ2) is 11.6. The zero-order chi connectivity index (χ0) is 27.4. The number of pyridine rings is 1.